The van der Waals surface area contributed by atoms with Gasteiger partial charge in [0, 0.05) is 31.7 Å². The van der Waals surface area contributed by atoms with Gasteiger partial charge >= 0.3 is 0 Å². The van der Waals surface area contributed by atoms with Crippen molar-refractivity contribution in [3.8, 4) is 5.75 Å². The van der Waals surface area contributed by atoms with Gasteiger partial charge in [0.15, 0.2) is 0 Å². The van der Waals surface area contributed by atoms with Crippen LogP contribution in [0.2, 0.25) is 0 Å². The first-order valence-corrected chi connectivity index (χ1v) is 12.1. The van der Waals surface area contributed by atoms with Gasteiger partial charge in [0.05, 0.1) is 4.90 Å². The van der Waals surface area contributed by atoms with Crippen LogP contribution in [0.3, 0.4) is 0 Å². The summed E-state index contributed by atoms with van der Waals surface area (Å²) in [5, 5.41) is 2.45. The van der Waals surface area contributed by atoms with Crippen LogP contribution in [0.25, 0.3) is 0 Å². The second-order valence-corrected chi connectivity index (χ2v) is 10.6. The molecule has 1 amide bonds. The van der Waals surface area contributed by atoms with Crippen molar-refractivity contribution in [1.82, 2.24) is 9.29 Å². The molecule has 9 heteroatoms. The maximum Gasteiger partial charge on any atom is 0.277 e. The quantitative estimate of drug-likeness (QED) is 0.566. The molecule has 31 heavy (non-hydrogen) atoms. The van der Waals surface area contributed by atoms with Gasteiger partial charge in [-0.2, -0.15) is 0 Å². The summed E-state index contributed by atoms with van der Waals surface area (Å²) in [6, 6.07) is 12.7. The molecular weight excluding hydrogens is 434 g/mol. The van der Waals surface area contributed by atoms with Gasteiger partial charge in [-0.3, -0.25) is 4.79 Å². The van der Waals surface area contributed by atoms with Gasteiger partial charge in [-0.1, -0.05) is 17.7 Å². The summed E-state index contributed by atoms with van der Waals surface area (Å²) < 4.78 is 31.7. The number of carbonyl (C=O) groups is 1. The predicted molar refractivity (Wildman–Crippen MR) is 120 cm³/mol. The smallest absolute Gasteiger partial charge is 0.277 e. The Morgan fingerprint density at radius 2 is 1.94 bits per heavy atom. The van der Waals surface area contributed by atoms with Crippen LogP contribution in [-0.2, 0) is 23.1 Å². The van der Waals surface area contributed by atoms with Crippen LogP contribution in [-0.4, -0.2) is 44.3 Å². The molecule has 0 unspecified atom stereocenters. The molecule has 0 spiro atoms. The normalized spacial score (nSPS) is 13.5. The molecule has 0 N–H and O–H groups in total. The van der Waals surface area contributed by atoms with Crippen LogP contribution >= 0.6 is 11.3 Å². The number of fused-ring (bicyclic) bond motifs is 1. The number of amides is 1. The minimum Gasteiger partial charge on any atom is -0.486 e. The molecule has 162 valence electrons. The van der Waals surface area contributed by atoms with Crippen molar-refractivity contribution in [1.29, 1.82) is 0 Å². The van der Waals surface area contributed by atoms with E-state index in [2.05, 4.69) is 4.98 Å². The highest BCUT2D eigenvalue weighted by Gasteiger charge is 2.29. The van der Waals surface area contributed by atoms with Crippen molar-refractivity contribution in [3.05, 3.63) is 69.7 Å². The maximum atomic E-state index is 13.0. The van der Waals surface area contributed by atoms with Crippen molar-refractivity contribution >= 4 is 33.0 Å². The zero-order valence-electron chi connectivity index (χ0n) is 17.5. The van der Waals surface area contributed by atoms with Gasteiger partial charge in [-0.25, -0.2) is 17.7 Å². The summed E-state index contributed by atoms with van der Waals surface area (Å²) >= 11 is 1.38. The molecule has 0 saturated heterocycles. The number of hydrogen-bond donors (Lipinski definition) is 0. The highest BCUT2D eigenvalue weighted by molar-refractivity contribution is 7.89. The van der Waals surface area contributed by atoms with Crippen LogP contribution in [0.4, 0.5) is 5.69 Å². The van der Waals surface area contributed by atoms with Gasteiger partial charge in [0.2, 0.25) is 10.0 Å². The molecule has 0 bridgehead atoms. The summed E-state index contributed by atoms with van der Waals surface area (Å²) in [6.45, 7) is 2.80. The average molecular weight is 458 g/mol. The van der Waals surface area contributed by atoms with Gasteiger partial charge in [-0.15, -0.1) is 11.3 Å². The van der Waals surface area contributed by atoms with E-state index in [4.69, 9.17) is 4.74 Å². The number of nitrogens with zero attached hydrogens (tertiary/aromatic N) is 3. The number of anilines is 1. The van der Waals surface area contributed by atoms with E-state index < -0.39 is 10.0 Å². The molecular formula is C22H23N3O4S2. The lowest BCUT2D eigenvalue weighted by Gasteiger charge is -2.17. The minimum atomic E-state index is -3.51. The third kappa shape index (κ3) is 4.34. The Kier molecular flexibility index (Phi) is 5.83. The first-order valence-electron chi connectivity index (χ1n) is 9.77. The third-order valence-electron chi connectivity index (χ3n) is 5.12. The number of sulfonamides is 1. The summed E-state index contributed by atoms with van der Waals surface area (Å²) in [5.74, 6) is 0.561. The molecule has 0 aliphatic carbocycles. The average Bonchev–Trinajstić information content (AvgIpc) is 3.39. The monoisotopic (exact) mass is 457 g/mol. The Hall–Kier alpha value is -2.75. The van der Waals surface area contributed by atoms with Crippen LogP contribution in [0, 0.1) is 6.92 Å². The predicted octanol–water partition coefficient (Wildman–Crippen LogP) is 3.48. The summed E-state index contributed by atoms with van der Waals surface area (Å²) in [5.41, 5.74) is 3.10. The van der Waals surface area contributed by atoms with Crippen LogP contribution in [0.1, 0.15) is 26.6 Å². The number of rotatable bonds is 6. The van der Waals surface area contributed by atoms with Crippen molar-refractivity contribution in [2.24, 2.45) is 0 Å². The largest absolute Gasteiger partial charge is 0.486 e. The summed E-state index contributed by atoms with van der Waals surface area (Å²) in [7, 11) is -0.510. The Morgan fingerprint density at radius 1 is 1.19 bits per heavy atom. The van der Waals surface area contributed by atoms with Gasteiger partial charge in [0.1, 0.15) is 23.1 Å². The standard InChI is InChI=1S/C22H23N3O4S2/c1-15-4-6-17(7-5-15)29-13-21-23-19(14-30-21)22(26)25-11-10-16-12-18(8-9-20(16)25)31(27,28)24(2)3/h4-9,12,14H,10-11,13H2,1-3H3. The van der Waals surface area contributed by atoms with Gasteiger partial charge < -0.3 is 9.64 Å². The lowest BCUT2D eigenvalue weighted by atomic mass is 10.2. The molecule has 0 fully saturated rings. The Bertz CT molecular complexity index is 1220. The Balaban J connectivity index is 1.47. The zero-order valence-corrected chi connectivity index (χ0v) is 19.2. The van der Waals surface area contributed by atoms with E-state index in [0.717, 1.165) is 27.6 Å². The second kappa shape index (κ2) is 8.41. The summed E-state index contributed by atoms with van der Waals surface area (Å²) in [6.07, 6.45) is 0.603. The molecule has 1 aliphatic rings. The van der Waals surface area contributed by atoms with Crippen LogP contribution in [0.5, 0.6) is 5.75 Å². The summed E-state index contributed by atoms with van der Waals surface area (Å²) in [4.78, 5) is 19.4. The molecule has 4 rings (SSSR count). The van der Waals surface area contributed by atoms with Crippen molar-refractivity contribution < 1.29 is 17.9 Å². The van der Waals surface area contributed by atoms with E-state index in [1.165, 1.54) is 29.7 Å². The molecule has 7 nitrogen and oxygen atoms in total. The highest BCUT2D eigenvalue weighted by Crippen LogP contribution is 2.32. The van der Waals surface area contributed by atoms with Crippen molar-refractivity contribution in [2.45, 2.75) is 24.8 Å². The number of benzene rings is 2. The lowest BCUT2D eigenvalue weighted by Crippen LogP contribution is -2.29. The molecule has 2 aromatic carbocycles. The first-order chi connectivity index (χ1) is 14.8. The number of carbonyl (C=O) groups excluding carboxylic acids is 1. The van der Waals surface area contributed by atoms with E-state index in [1.54, 1.807) is 28.5 Å². The molecule has 0 saturated carbocycles. The molecule has 0 radical (unpaired) electrons. The number of aromatic nitrogens is 1. The van der Waals surface area contributed by atoms with Gasteiger partial charge in [0.25, 0.3) is 5.91 Å². The first kappa shape index (κ1) is 21.5. The van der Waals surface area contributed by atoms with E-state index in [-0.39, 0.29) is 10.8 Å². The van der Waals surface area contributed by atoms with E-state index >= 15 is 0 Å². The van der Waals surface area contributed by atoms with E-state index in [1.807, 2.05) is 31.2 Å². The number of thiazole rings is 1. The Labute approximate surface area is 186 Å². The molecule has 1 aliphatic heterocycles. The van der Waals surface area contributed by atoms with Gasteiger partial charge in [-0.05, 0) is 49.2 Å². The fourth-order valence-corrected chi connectivity index (χ4v) is 4.99. The zero-order chi connectivity index (χ0) is 22.2. The molecule has 1 aromatic heterocycles. The fourth-order valence-electron chi connectivity index (χ4n) is 3.35. The second-order valence-electron chi connectivity index (χ2n) is 7.51. The minimum absolute atomic E-state index is 0.195. The maximum absolute atomic E-state index is 13.0. The molecule has 0 atom stereocenters. The number of aryl methyl sites for hydroxylation is 1. The van der Waals surface area contributed by atoms with Crippen molar-refractivity contribution in [3.63, 3.8) is 0 Å². The number of hydrogen-bond acceptors (Lipinski definition) is 6. The molecule has 2 heterocycles. The van der Waals surface area contributed by atoms with Crippen molar-refractivity contribution in [2.75, 3.05) is 25.5 Å². The third-order valence-corrected chi connectivity index (χ3v) is 7.76. The van der Waals surface area contributed by atoms with E-state index in [0.29, 0.717) is 25.3 Å². The molecule has 3 aromatic rings. The van der Waals surface area contributed by atoms with Crippen LogP contribution < -0.4 is 9.64 Å². The van der Waals surface area contributed by atoms with Crippen LogP contribution in [0.15, 0.2) is 52.7 Å². The highest BCUT2D eigenvalue weighted by atomic mass is 32.2. The Morgan fingerprint density at radius 3 is 2.65 bits per heavy atom. The fraction of sp³-hybridized carbons (Fsp3) is 0.273. The SMILES string of the molecule is Cc1ccc(OCc2nc(C(=O)N3CCc4cc(S(=O)(=O)N(C)C)ccc43)cs2)cc1. The lowest BCUT2D eigenvalue weighted by molar-refractivity contribution is 0.0985. The number of ether oxygens (including phenoxy) is 1. The van der Waals surface area contributed by atoms with E-state index in [9.17, 15) is 13.2 Å². The topological polar surface area (TPSA) is 79.8 Å².